The van der Waals surface area contributed by atoms with Crippen molar-refractivity contribution >= 4 is 11.6 Å². The summed E-state index contributed by atoms with van der Waals surface area (Å²) in [6, 6.07) is 2.12. The average molecular weight is 222 g/mol. The van der Waals surface area contributed by atoms with Gasteiger partial charge in [0.1, 0.15) is 5.82 Å². The molecule has 0 amide bonds. The molecule has 0 spiro atoms. The van der Waals surface area contributed by atoms with Crippen LogP contribution in [-0.2, 0) is 0 Å². The molecule has 1 unspecified atom stereocenters. The predicted molar refractivity (Wildman–Crippen MR) is 50.0 cm³/mol. The van der Waals surface area contributed by atoms with Gasteiger partial charge in [0.05, 0.1) is 16.7 Å². The number of aliphatic hydroxyl groups excluding tert-OH is 1. The standard InChI is InChI=1S/C9H10ClF2NO/c10-5-1-2-6(11)8(9(5)12)7(14)3-4-13/h1-2,7,14H,3-4,13H2. The first-order valence-electron chi connectivity index (χ1n) is 4.09. The van der Waals surface area contributed by atoms with Crippen LogP contribution in [0.5, 0.6) is 0 Å². The maximum absolute atomic E-state index is 13.3. The molecule has 0 aliphatic heterocycles. The molecule has 0 saturated carbocycles. The minimum absolute atomic E-state index is 0.0915. The first kappa shape index (κ1) is 11.4. The SMILES string of the molecule is NCCC(O)c1c(F)ccc(Cl)c1F. The van der Waals surface area contributed by atoms with Crippen LogP contribution in [-0.4, -0.2) is 11.7 Å². The first-order chi connectivity index (χ1) is 6.57. The Kier molecular flexibility index (Phi) is 3.80. The Hall–Kier alpha value is -0.710. The lowest BCUT2D eigenvalue weighted by Gasteiger charge is -2.12. The summed E-state index contributed by atoms with van der Waals surface area (Å²) in [4.78, 5) is 0. The first-order valence-corrected chi connectivity index (χ1v) is 4.47. The minimum atomic E-state index is -1.25. The molecular weight excluding hydrogens is 212 g/mol. The fourth-order valence-corrected chi connectivity index (χ4v) is 1.32. The minimum Gasteiger partial charge on any atom is -0.388 e. The van der Waals surface area contributed by atoms with Crippen molar-refractivity contribution in [2.75, 3.05) is 6.54 Å². The Morgan fingerprint density at radius 2 is 2.07 bits per heavy atom. The summed E-state index contributed by atoms with van der Waals surface area (Å²) in [6.07, 6.45) is -1.16. The third kappa shape index (κ3) is 2.20. The summed E-state index contributed by atoms with van der Waals surface area (Å²) in [5.41, 5.74) is 4.75. The maximum Gasteiger partial charge on any atom is 0.150 e. The maximum atomic E-state index is 13.3. The second-order valence-corrected chi connectivity index (χ2v) is 3.26. The predicted octanol–water partition coefficient (Wildman–Crippen LogP) is 2.00. The van der Waals surface area contributed by atoms with Crippen LogP contribution in [0.25, 0.3) is 0 Å². The van der Waals surface area contributed by atoms with E-state index in [0.717, 1.165) is 12.1 Å². The van der Waals surface area contributed by atoms with E-state index in [1.165, 1.54) is 0 Å². The van der Waals surface area contributed by atoms with Gasteiger partial charge >= 0.3 is 0 Å². The number of rotatable bonds is 3. The van der Waals surface area contributed by atoms with E-state index in [0.29, 0.717) is 0 Å². The van der Waals surface area contributed by atoms with Crippen LogP contribution in [0.1, 0.15) is 18.1 Å². The molecule has 5 heteroatoms. The molecular formula is C9H10ClF2NO. The number of aliphatic hydroxyl groups is 1. The zero-order valence-electron chi connectivity index (χ0n) is 7.30. The van der Waals surface area contributed by atoms with E-state index in [4.69, 9.17) is 17.3 Å². The molecule has 1 aromatic rings. The largest absolute Gasteiger partial charge is 0.388 e. The average Bonchev–Trinajstić information content (AvgIpc) is 2.13. The summed E-state index contributed by atoms with van der Waals surface area (Å²) in [7, 11) is 0. The van der Waals surface area contributed by atoms with Gasteiger partial charge in [-0.2, -0.15) is 0 Å². The highest BCUT2D eigenvalue weighted by Crippen LogP contribution is 2.27. The number of hydrogen-bond donors (Lipinski definition) is 2. The fraction of sp³-hybridized carbons (Fsp3) is 0.333. The Labute approximate surface area is 85.3 Å². The van der Waals surface area contributed by atoms with Gasteiger partial charge in [-0.1, -0.05) is 11.6 Å². The normalized spacial score (nSPS) is 12.9. The lowest BCUT2D eigenvalue weighted by atomic mass is 10.1. The molecule has 0 heterocycles. The van der Waals surface area contributed by atoms with Crippen molar-refractivity contribution in [2.24, 2.45) is 5.73 Å². The van der Waals surface area contributed by atoms with Crippen molar-refractivity contribution in [1.29, 1.82) is 0 Å². The number of hydrogen-bond acceptors (Lipinski definition) is 2. The van der Waals surface area contributed by atoms with Crippen LogP contribution in [0.2, 0.25) is 5.02 Å². The van der Waals surface area contributed by atoms with E-state index in [1.54, 1.807) is 0 Å². The molecule has 2 nitrogen and oxygen atoms in total. The second kappa shape index (κ2) is 4.68. The van der Waals surface area contributed by atoms with Gasteiger partial charge in [0.2, 0.25) is 0 Å². The quantitative estimate of drug-likeness (QED) is 0.767. The molecule has 0 bridgehead atoms. The van der Waals surface area contributed by atoms with Crippen LogP contribution < -0.4 is 5.73 Å². The number of nitrogens with two attached hydrogens (primary N) is 1. The van der Waals surface area contributed by atoms with Gasteiger partial charge in [0.15, 0.2) is 5.82 Å². The Morgan fingerprint density at radius 1 is 1.43 bits per heavy atom. The summed E-state index contributed by atoms with van der Waals surface area (Å²) in [6.45, 7) is 0.145. The molecule has 0 aliphatic rings. The van der Waals surface area contributed by atoms with Crippen molar-refractivity contribution in [1.82, 2.24) is 0 Å². The monoisotopic (exact) mass is 221 g/mol. The summed E-state index contributed by atoms with van der Waals surface area (Å²) in [5.74, 6) is -1.74. The van der Waals surface area contributed by atoms with E-state index in [-0.39, 0.29) is 18.0 Å². The van der Waals surface area contributed by atoms with Crippen molar-refractivity contribution in [2.45, 2.75) is 12.5 Å². The second-order valence-electron chi connectivity index (χ2n) is 2.85. The zero-order chi connectivity index (χ0) is 10.7. The fourth-order valence-electron chi connectivity index (χ4n) is 1.15. The highest BCUT2D eigenvalue weighted by Gasteiger charge is 2.19. The van der Waals surface area contributed by atoms with Crippen molar-refractivity contribution in [3.05, 3.63) is 34.4 Å². The van der Waals surface area contributed by atoms with Gasteiger partial charge in [-0.05, 0) is 25.1 Å². The van der Waals surface area contributed by atoms with Crippen LogP contribution in [0.3, 0.4) is 0 Å². The van der Waals surface area contributed by atoms with Gasteiger partial charge < -0.3 is 10.8 Å². The number of halogens is 3. The van der Waals surface area contributed by atoms with Crippen molar-refractivity contribution < 1.29 is 13.9 Å². The third-order valence-electron chi connectivity index (χ3n) is 1.85. The van der Waals surface area contributed by atoms with Crippen LogP contribution in [0, 0.1) is 11.6 Å². The molecule has 0 aromatic heterocycles. The van der Waals surface area contributed by atoms with E-state index in [9.17, 15) is 13.9 Å². The molecule has 14 heavy (non-hydrogen) atoms. The van der Waals surface area contributed by atoms with Gasteiger partial charge in [-0.3, -0.25) is 0 Å². The van der Waals surface area contributed by atoms with Crippen molar-refractivity contribution in [3.8, 4) is 0 Å². The highest BCUT2D eigenvalue weighted by atomic mass is 35.5. The van der Waals surface area contributed by atoms with Crippen LogP contribution >= 0.6 is 11.6 Å². The lowest BCUT2D eigenvalue weighted by Crippen LogP contribution is -2.10. The van der Waals surface area contributed by atoms with E-state index < -0.39 is 23.3 Å². The van der Waals surface area contributed by atoms with Crippen molar-refractivity contribution in [3.63, 3.8) is 0 Å². The van der Waals surface area contributed by atoms with E-state index in [2.05, 4.69) is 0 Å². The molecule has 1 atom stereocenters. The molecule has 0 saturated heterocycles. The molecule has 1 aromatic carbocycles. The van der Waals surface area contributed by atoms with Gasteiger partial charge in [0, 0.05) is 0 Å². The Morgan fingerprint density at radius 3 is 2.64 bits per heavy atom. The smallest absolute Gasteiger partial charge is 0.150 e. The van der Waals surface area contributed by atoms with Crippen LogP contribution in [0.15, 0.2) is 12.1 Å². The topological polar surface area (TPSA) is 46.2 Å². The third-order valence-corrected chi connectivity index (χ3v) is 2.14. The van der Waals surface area contributed by atoms with Crippen LogP contribution in [0.4, 0.5) is 8.78 Å². The summed E-state index contributed by atoms with van der Waals surface area (Å²) >= 11 is 5.45. The molecule has 1 rings (SSSR count). The Bertz CT molecular complexity index is 333. The Balaban J connectivity index is 3.11. The van der Waals surface area contributed by atoms with E-state index in [1.807, 2.05) is 0 Å². The molecule has 0 radical (unpaired) electrons. The van der Waals surface area contributed by atoms with Gasteiger partial charge in [0.25, 0.3) is 0 Å². The zero-order valence-corrected chi connectivity index (χ0v) is 8.06. The van der Waals surface area contributed by atoms with E-state index >= 15 is 0 Å². The van der Waals surface area contributed by atoms with Gasteiger partial charge in [-0.25, -0.2) is 8.78 Å². The summed E-state index contributed by atoms with van der Waals surface area (Å²) in [5, 5.41) is 9.18. The van der Waals surface area contributed by atoms with Gasteiger partial charge in [-0.15, -0.1) is 0 Å². The number of benzene rings is 1. The molecule has 78 valence electrons. The molecule has 3 N–H and O–H groups in total. The summed E-state index contributed by atoms with van der Waals surface area (Å²) < 4.78 is 26.4. The highest BCUT2D eigenvalue weighted by molar-refractivity contribution is 6.30. The lowest BCUT2D eigenvalue weighted by molar-refractivity contribution is 0.160. The molecule has 0 aliphatic carbocycles. The molecule has 0 fully saturated rings.